The van der Waals surface area contributed by atoms with Crippen molar-refractivity contribution in [3.63, 3.8) is 0 Å². The van der Waals surface area contributed by atoms with E-state index < -0.39 is 28.9 Å². The summed E-state index contributed by atoms with van der Waals surface area (Å²) in [6.45, 7) is 0. The van der Waals surface area contributed by atoms with Crippen LogP contribution in [0.1, 0.15) is 21.6 Å². The topological polar surface area (TPSA) is 30.0 Å². The molecular formula is C13H7F4NO. The van der Waals surface area contributed by atoms with E-state index in [0.29, 0.717) is 12.1 Å². The van der Waals surface area contributed by atoms with Crippen molar-refractivity contribution in [3.8, 4) is 0 Å². The lowest BCUT2D eigenvalue weighted by atomic mass is 10.0. The summed E-state index contributed by atoms with van der Waals surface area (Å²) in [6, 6.07) is 6.24. The number of aromatic nitrogens is 1. The molecule has 1 aromatic heterocycles. The van der Waals surface area contributed by atoms with Gasteiger partial charge in [0.05, 0.1) is 11.1 Å². The lowest BCUT2D eigenvalue weighted by molar-refractivity contribution is -0.137. The van der Waals surface area contributed by atoms with Crippen LogP contribution in [-0.4, -0.2) is 10.8 Å². The normalized spacial score (nSPS) is 11.4. The highest BCUT2D eigenvalue weighted by Crippen LogP contribution is 2.30. The summed E-state index contributed by atoms with van der Waals surface area (Å²) < 4.78 is 50.6. The van der Waals surface area contributed by atoms with Crippen molar-refractivity contribution in [3.05, 3.63) is 65.2 Å². The fourth-order valence-electron chi connectivity index (χ4n) is 1.51. The van der Waals surface area contributed by atoms with Crippen molar-refractivity contribution in [2.75, 3.05) is 0 Å². The minimum Gasteiger partial charge on any atom is -0.287 e. The number of hydrogen-bond donors (Lipinski definition) is 0. The molecule has 0 saturated carbocycles. The summed E-state index contributed by atoms with van der Waals surface area (Å²) in [4.78, 5) is 15.6. The zero-order valence-corrected chi connectivity index (χ0v) is 9.41. The maximum absolute atomic E-state index is 13.6. The standard InChI is InChI=1S/C13H7F4NO/c14-10-7-8(13(15,16)17)4-5-9(10)12(19)11-3-1-2-6-18-11/h1-7H. The van der Waals surface area contributed by atoms with E-state index in [4.69, 9.17) is 0 Å². The van der Waals surface area contributed by atoms with Gasteiger partial charge >= 0.3 is 6.18 Å². The Bertz CT molecular complexity index is 608. The molecule has 6 heteroatoms. The van der Waals surface area contributed by atoms with Crippen LogP contribution in [0.15, 0.2) is 42.6 Å². The highest BCUT2D eigenvalue weighted by atomic mass is 19.4. The average molecular weight is 269 g/mol. The fourth-order valence-corrected chi connectivity index (χ4v) is 1.51. The second kappa shape index (κ2) is 4.79. The molecule has 0 aliphatic rings. The Morgan fingerprint density at radius 1 is 1.11 bits per heavy atom. The van der Waals surface area contributed by atoms with Crippen molar-refractivity contribution in [1.29, 1.82) is 0 Å². The van der Waals surface area contributed by atoms with Gasteiger partial charge in [-0.2, -0.15) is 13.2 Å². The highest BCUT2D eigenvalue weighted by molar-refractivity contribution is 6.07. The third-order valence-corrected chi connectivity index (χ3v) is 2.44. The van der Waals surface area contributed by atoms with Crippen molar-refractivity contribution in [2.45, 2.75) is 6.18 Å². The van der Waals surface area contributed by atoms with Gasteiger partial charge in [0.1, 0.15) is 11.5 Å². The molecule has 0 aliphatic heterocycles. The summed E-state index contributed by atoms with van der Waals surface area (Å²) in [6.07, 6.45) is -3.30. The van der Waals surface area contributed by atoms with E-state index in [2.05, 4.69) is 4.98 Å². The van der Waals surface area contributed by atoms with Crippen LogP contribution in [0.2, 0.25) is 0 Å². The number of halogens is 4. The number of carbonyl (C=O) groups excluding carboxylic acids is 1. The molecule has 0 aliphatic carbocycles. The molecule has 0 amide bonds. The molecule has 2 rings (SSSR count). The Balaban J connectivity index is 2.40. The summed E-state index contributed by atoms with van der Waals surface area (Å²) in [5.74, 6) is -1.97. The highest BCUT2D eigenvalue weighted by Gasteiger charge is 2.31. The van der Waals surface area contributed by atoms with Crippen molar-refractivity contribution >= 4 is 5.78 Å². The van der Waals surface area contributed by atoms with Crippen LogP contribution in [0.4, 0.5) is 17.6 Å². The van der Waals surface area contributed by atoms with Crippen LogP contribution in [0.5, 0.6) is 0 Å². The number of pyridine rings is 1. The Kier molecular flexibility index (Phi) is 3.33. The number of ketones is 1. The number of nitrogens with zero attached hydrogens (tertiary/aromatic N) is 1. The van der Waals surface area contributed by atoms with Gasteiger partial charge in [0.25, 0.3) is 0 Å². The molecule has 0 atom stereocenters. The molecule has 0 fully saturated rings. The molecule has 98 valence electrons. The van der Waals surface area contributed by atoms with Crippen LogP contribution in [0, 0.1) is 5.82 Å². The molecule has 0 unspecified atom stereocenters. The first-order valence-corrected chi connectivity index (χ1v) is 5.22. The number of carbonyl (C=O) groups is 1. The lowest BCUT2D eigenvalue weighted by Gasteiger charge is -2.08. The Hall–Kier alpha value is -2.24. The van der Waals surface area contributed by atoms with Gasteiger partial charge in [-0.15, -0.1) is 0 Å². The molecule has 0 N–H and O–H groups in total. The lowest BCUT2D eigenvalue weighted by Crippen LogP contribution is -2.10. The van der Waals surface area contributed by atoms with E-state index in [-0.39, 0.29) is 5.69 Å². The maximum Gasteiger partial charge on any atom is 0.416 e. The van der Waals surface area contributed by atoms with Crippen LogP contribution in [0.3, 0.4) is 0 Å². The zero-order chi connectivity index (χ0) is 14.0. The minimum absolute atomic E-state index is 0.0267. The Morgan fingerprint density at radius 3 is 2.37 bits per heavy atom. The molecular weight excluding hydrogens is 262 g/mol. The predicted octanol–water partition coefficient (Wildman–Crippen LogP) is 3.47. The largest absolute Gasteiger partial charge is 0.416 e. The van der Waals surface area contributed by atoms with Gasteiger partial charge < -0.3 is 0 Å². The SMILES string of the molecule is O=C(c1ccccn1)c1ccc(C(F)(F)F)cc1F. The molecule has 19 heavy (non-hydrogen) atoms. The van der Waals surface area contributed by atoms with E-state index in [9.17, 15) is 22.4 Å². The van der Waals surface area contributed by atoms with E-state index in [0.717, 1.165) is 6.07 Å². The van der Waals surface area contributed by atoms with Crippen LogP contribution in [-0.2, 0) is 6.18 Å². The fraction of sp³-hybridized carbons (Fsp3) is 0.0769. The second-order valence-electron chi connectivity index (χ2n) is 3.74. The third kappa shape index (κ3) is 2.78. The summed E-state index contributed by atoms with van der Waals surface area (Å²) in [5.41, 5.74) is -1.60. The molecule has 1 aromatic carbocycles. The average Bonchev–Trinajstić information content (AvgIpc) is 2.38. The van der Waals surface area contributed by atoms with E-state index >= 15 is 0 Å². The predicted molar refractivity (Wildman–Crippen MR) is 59.1 cm³/mol. The summed E-state index contributed by atoms with van der Waals surface area (Å²) in [5, 5.41) is 0. The number of alkyl halides is 3. The quantitative estimate of drug-likeness (QED) is 0.617. The summed E-state index contributed by atoms with van der Waals surface area (Å²) >= 11 is 0. The monoisotopic (exact) mass is 269 g/mol. The van der Waals surface area contributed by atoms with E-state index in [1.807, 2.05) is 0 Å². The first kappa shape index (κ1) is 13.2. The van der Waals surface area contributed by atoms with Gasteiger partial charge in [0.2, 0.25) is 5.78 Å². The van der Waals surface area contributed by atoms with Crippen LogP contribution in [0.25, 0.3) is 0 Å². The second-order valence-corrected chi connectivity index (χ2v) is 3.74. The minimum atomic E-state index is -4.65. The van der Waals surface area contributed by atoms with Gasteiger partial charge in [-0.3, -0.25) is 9.78 Å². The van der Waals surface area contributed by atoms with Crippen molar-refractivity contribution in [2.24, 2.45) is 0 Å². The van der Waals surface area contributed by atoms with E-state index in [1.54, 1.807) is 6.07 Å². The molecule has 1 heterocycles. The maximum atomic E-state index is 13.6. The first-order valence-electron chi connectivity index (χ1n) is 5.22. The van der Waals surface area contributed by atoms with Gasteiger partial charge in [0.15, 0.2) is 0 Å². The van der Waals surface area contributed by atoms with Crippen LogP contribution >= 0.6 is 0 Å². The molecule has 0 spiro atoms. The number of hydrogen-bond acceptors (Lipinski definition) is 2. The first-order chi connectivity index (χ1) is 8.89. The molecule has 2 aromatic rings. The zero-order valence-electron chi connectivity index (χ0n) is 9.41. The van der Waals surface area contributed by atoms with Crippen molar-refractivity contribution < 1.29 is 22.4 Å². The number of rotatable bonds is 2. The van der Waals surface area contributed by atoms with Gasteiger partial charge in [0, 0.05) is 6.20 Å². The third-order valence-electron chi connectivity index (χ3n) is 2.44. The van der Waals surface area contributed by atoms with Crippen molar-refractivity contribution in [1.82, 2.24) is 4.98 Å². The summed E-state index contributed by atoms with van der Waals surface area (Å²) in [7, 11) is 0. The van der Waals surface area contributed by atoms with Gasteiger partial charge in [-0.25, -0.2) is 4.39 Å². The molecule has 0 radical (unpaired) electrons. The smallest absolute Gasteiger partial charge is 0.287 e. The molecule has 0 bridgehead atoms. The number of benzene rings is 1. The Morgan fingerprint density at radius 2 is 1.84 bits per heavy atom. The molecule has 0 saturated heterocycles. The van der Waals surface area contributed by atoms with Gasteiger partial charge in [-0.05, 0) is 30.3 Å². The molecule has 2 nitrogen and oxygen atoms in total. The Labute approximate surface area is 105 Å². The van der Waals surface area contributed by atoms with E-state index in [1.165, 1.54) is 18.3 Å². The van der Waals surface area contributed by atoms with Gasteiger partial charge in [-0.1, -0.05) is 6.07 Å². The van der Waals surface area contributed by atoms with Crippen LogP contribution < -0.4 is 0 Å².